The number of nitrogens with one attached hydrogen (secondary N) is 1. The highest BCUT2D eigenvalue weighted by Crippen LogP contribution is 2.36. The minimum atomic E-state index is 0.289. The highest BCUT2D eigenvalue weighted by atomic mass is 79.9. The topological polar surface area (TPSA) is 15.3 Å². The Labute approximate surface area is 142 Å². The van der Waals surface area contributed by atoms with E-state index in [4.69, 9.17) is 0 Å². The molecular formula is C17H29BrN2S. The number of thiophene rings is 1. The van der Waals surface area contributed by atoms with Crippen molar-refractivity contribution in [3.05, 3.63) is 20.8 Å². The van der Waals surface area contributed by atoms with Gasteiger partial charge in [-0.3, -0.25) is 4.90 Å². The van der Waals surface area contributed by atoms with E-state index in [2.05, 4.69) is 65.3 Å². The molecule has 1 aliphatic rings. The zero-order valence-electron chi connectivity index (χ0n) is 13.8. The first kappa shape index (κ1) is 17.5. The molecule has 1 aromatic heterocycles. The molecule has 1 saturated heterocycles. The lowest BCUT2D eigenvalue weighted by Gasteiger charge is -2.54. The van der Waals surface area contributed by atoms with Crippen molar-refractivity contribution in [2.45, 2.75) is 71.0 Å². The summed E-state index contributed by atoms with van der Waals surface area (Å²) in [6, 6.07) is 2.18. The monoisotopic (exact) mass is 372 g/mol. The van der Waals surface area contributed by atoms with E-state index in [0.717, 1.165) is 19.6 Å². The van der Waals surface area contributed by atoms with E-state index in [1.54, 1.807) is 0 Å². The van der Waals surface area contributed by atoms with E-state index in [9.17, 15) is 0 Å². The first-order valence-electron chi connectivity index (χ1n) is 8.26. The van der Waals surface area contributed by atoms with Crippen molar-refractivity contribution in [2.24, 2.45) is 0 Å². The molecule has 2 rings (SSSR count). The third-order valence-electron chi connectivity index (χ3n) is 5.65. The molecular weight excluding hydrogens is 344 g/mol. The lowest BCUT2D eigenvalue weighted by molar-refractivity contribution is -0.0105. The van der Waals surface area contributed by atoms with Gasteiger partial charge in [0, 0.05) is 40.1 Å². The molecule has 0 saturated carbocycles. The summed E-state index contributed by atoms with van der Waals surface area (Å²) >= 11 is 5.58. The summed E-state index contributed by atoms with van der Waals surface area (Å²) in [4.78, 5) is 4.22. The van der Waals surface area contributed by atoms with Crippen LogP contribution in [0, 0.1) is 0 Å². The largest absolute Gasteiger partial charge is 0.308 e. The first-order chi connectivity index (χ1) is 10.0. The Morgan fingerprint density at radius 2 is 1.86 bits per heavy atom. The minimum absolute atomic E-state index is 0.289. The molecule has 1 aromatic rings. The van der Waals surface area contributed by atoms with Crippen molar-refractivity contribution in [1.82, 2.24) is 10.2 Å². The number of hydrogen-bond donors (Lipinski definition) is 1. The highest BCUT2D eigenvalue weighted by molar-refractivity contribution is 9.10. The molecule has 0 amide bonds. The van der Waals surface area contributed by atoms with Gasteiger partial charge in [-0.05, 0) is 53.1 Å². The number of piperazine rings is 1. The summed E-state index contributed by atoms with van der Waals surface area (Å²) in [5.74, 6) is 0. The van der Waals surface area contributed by atoms with Crippen LogP contribution < -0.4 is 5.32 Å². The Bertz CT molecular complexity index is 449. The van der Waals surface area contributed by atoms with Crippen LogP contribution in [0.1, 0.15) is 58.3 Å². The fourth-order valence-corrected chi connectivity index (χ4v) is 5.05. The van der Waals surface area contributed by atoms with Crippen LogP contribution >= 0.6 is 27.3 Å². The van der Waals surface area contributed by atoms with Crippen LogP contribution in [0.2, 0.25) is 0 Å². The van der Waals surface area contributed by atoms with Crippen LogP contribution in [-0.2, 0) is 6.54 Å². The van der Waals surface area contributed by atoms with Gasteiger partial charge in [-0.25, -0.2) is 0 Å². The summed E-state index contributed by atoms with van der Waals surface area (Å²) in [5.41, 5.74) is 0.592. The van der Waals surface area contributed by atoms with E-state index >= 15 is 0 Å². The van der Waals surface area contributed by atoms with Gasteiger partial charge in [0.2, 0.25) is 0 Å². The molecule has 120 valence electrons. The molecule has 1 N–H and O–H groups in total. The lowest BCUT2D eigenvalue weighted by Crippen LogP contribution is -2.69. The summed E-state index contributed by atoms with van der Waals surface area (Å²) in [7, 11) is 0. The molecule has 0 radical (unpaired) electrons. The Hall–Kier alpha value is 0.1000. The second-order valence-electron chi connectivity index (χ2n) is 6.32. The number of nitrogens with zero attached hydrogens (tertiary/aromatic N) is 1. The predicted octanol–water partition coefficient (Wildman–Crippen LogP) is 5.03. The Kier molecular flexibility index (Phi) is 5.91. The second-order valence-corrected chi connectivity index (χ2v) is 8.18. The fraction of sp³-hybridized carbons (Fsp3) is 0.765. The zero-order valence-corrected chi connectivity index (χ0v) is 16.2. The van der Waals surface area contributed by atoms with Crippen LogP contribution in [0.3, 0.4) is 0 Å². The van der Waals surface area contributed by atoms with E-state index in [-0.39, 0.29) is 5.54 Å². The molecule has 0 aliphatic carbocycles. The van der Waals surface area contributed by atoms with Crippen molar-refractivity contribution >= 4 is 27.3 Å². The third kappa shape index (κ3) is 3.39. The van der Waals surface area contributed by atoms with Gasteiger partial charge in [0.15, 0.2) is 0 Å². The smallest absolute Gasteiger partial charge is 0.0346 e. The minimum Gasteiger partial charge on any atom is -0.308 e. The average molecular weight is 373 g/mol. The van der Waals surface area contributed by atoms with E-state index in [1.807, 2.05) is 11.3 Å². The number of halogens is 1. The maximum Gasteiger partial charge on any atom is 0.0346 e. The molecule has 2 heterocycles. The predicted molar refractivity (Wildman–Crippen MR) is 97.1 cm³/mol. The van der Waals surface area contributed by atoms with Crippen molar-refractivity contribution in [1.29, 1.82) is 0 Å². The van der Waals surface area contributed by atoms with E-state index in [0.29, 0.717) is 5.54 Å². The summed E-state index contributed by atoms with van der Waals surface area (Å²) < 4.78 is 1.27. The maximum absolute atomic E-state index is 3.90. The van der Waals surface area contributed by atoms with Crippen LogP contribution in [0.25, 0.3) is 0 Å². The number of hydrogen-bond acceptors (Lipinski definition) is 3. The molecule has 0 bridgehead atoms. The first-order valence-corrected chi connectivity index (χ1v) is 9.94. The molecule has 1 aliphatic heterocycles. The van der Waals surface area contributed by atoms with Crippen LogP contribution in [-0.4, -0.2) is 29.1 Å². The molecule has 21 heavy (non-hydrogen) atoms. The Morgan fingerprint density at radius 1 is 1.19 bits per heavy atom. The maximum atomic E-state index is 3.90. The van der Waals surface area contributed by atoms with Crippen molar-refractivity contribution < 1.29 is 0 Å². The lowest BCUT2D eigenvalue weighted by atomic mass is 9.80. The third-order valence-corrected chi connectivity index (χ3v) is 7.56. The summed E-state index contributed by atoms with van der Waals surface area (Å²) in [6.45, 7) is 12.7. The summed E-state index contributed by atoms with van der Waals surface area (Å²) in [5, 5.41) is 6.09. The Morgan fingerprint density at radius 3 is 2.33 bits per heavy atom. The van der Waals surface area contributed by atoms with Gasteiger partial charge in [0.05, 0.1) is 0 Å². The van der Waals surface area contributed by atoms with Crippen molar-refractivity contribution in [3.63, 3.8) is 0 Å². The van der Waals surface area contributed by atoms with Gasteiger partial charge in [-0.2, -0.15) is 0 Å². The second kappa shape index (κ2) is 7.12. The average Bonchev–Trinajstić information content (AvgIpc) is 2.93. The molecule has 0 unspecified atom stereocenters. The van der Waals surface area contributed by atoms with Gasteiger partial charge in [0.25, 0.3) is 0 Å². The van der Waals surface area contributed by atoms with Crippen molar-refractivity contribution in [2.75, 3.05) is 13.1 Å². The quantitative estimate of drug-likeness (QED) is 0.752. The van der Waals surface area contributed by atoms with Gasteiger partial charge in [-0.15, -0.1) is 11.3 Å². The number of rotatable bonds is 6. The zero-order chi connectivity index (χ0) is 15.5. The van der Waals surface area contributed by atoms with Crippen LogP contribution in [0.5, 0.6) is 0 Å². The van der Waals surface area contributed by atoms with Crippen LogP contribution in [0.15, 0.2) is 15.9 Å². The molecule has 0 spiro atoms. The van der Waals surface area contributed by atoms with E-state index < -0.39 is 0 Å². The van der Waals surface area contributed by atoms with Gasteiger partial charge in [0.1, 0.15) is 0 Å². The van der Waals surface area contributed by atoms with Gasteiger partial charge >= 0.3 is 0 Å². The Balaban J connectivity index is 2.27. The normalized spacial score (nSPS) is 21.6. The van der Waals surface area contributed by atoms with E-state index in [1.165, 1.54) is 35.0 Å². The molecule has 4 heteroatoms. The van der Waals surface area contributed by atoms with Crippen LogP contribution in [0.4, 0.5) is 0 Å². The fourth-order valence-electron chi connectivity index (χ4n) is 3.56. The van der Waals surface area contributed by atoms with Gasteiger partial charge < -0.3 is 5.32 Å². The summed E-state index contributed by atoms with van der Waals surface area (Å²) in [6.07, 6.45) is 4.83. The molecule has 2 nitrogen and oxygen atoms in total. The SMILES string of the molecule is CCC1(CC)CN(Cc2sccc2Br)C(CC)(CC)CN1. The highest BCUT2D eigenvalue weighted by Gasteiger charge is 2.44. The standard InChI is InChI=1S/C17H29BrN2S/c1-5-16(6-2)13-20(11-15-14(18)9-10-21-15)17(7-3,8-4)12-19-16/h9-10,19H,5-8,11-13H2,1-4H3. The molecule has 0 aromatic carbocycles. The van der Waals surface area contributed by atoms with Gasteiger partial charge in [-0.1, -0.05) is 27.7 Å². The molecule has 0 atom stereocenters. The van der Waals surface area contributed by atoms with Crippen molar-refractivity contribution in [3.8, 4) is 0 Å². The molecule has 1 fully saturated rings.